The second-order valence-corrected chi connectivity index (χ2v) is 9.61. The number of esters is 1. The molecule has 36 heavy (non-hydrogen) atoms. The molecule has 190 valence electrons. The van der Waals surface area contributed by atoms with Crippen LogP contribution in [0, 0.1) is 0 Å². The van der Waals surface area contributed by atoms with E-state index in [1.807, 2.05) is 50.2 Å². The first-order valence-electron chi connectivity index (χ1n) is 12.3. The highest BCUT2D eigenvalue weighted by atomic mass is 35.5. The Morgan fingerprint density at radius 2 is 1.83 bits per heavy atom. The third-order valence-electron chi connectivity index (χ3n) is 6.84. The normalized spacial score (nSPS) is 19.5. The van der Waals surface area contributed by atoms with Gasteiger partial charge in [0.1, 0.15) is 0 Å². The number of hydrogen-bond acceptors (Lipinski definition) is 6. The average molecular weight is 510 g/mol. The predicted octanol–water partition coefficient (Wildman–Crippen LogP) is 6.06. The van der Waals surface area contributed by atoms with Gasteiger partial charge in [-0.15, -0.1) is 0 Å². The minimum absolute atomic E-state index is 0.000122. The molecular formula is C29H32ClNO5. The molecule has 0 radical (unpaired) electrons. The lowest BCUT2D eigenvalue weighted by Crippen LogP contribution is -2.36. The maximum Gasteiger partial charge on any atom is 0.336 e. The van der Waals surface area contributed by atoms with E-state index in [-0.39, 0.29) is 11.7 Å². The summed E-state index contributed by atoms with van der Waals surface area (Å²) in [6.45, 7) is 4.25. The van der Waals surface area contributed by atoms with Crippen LogP contribution >= 0.6 is 11.6 Å². The van der Waals surface area contributed by atoms with Crippen molar-refractivity contribution < 1.29 is 23.8 Å². The summed E-state index contributed by atoms with van der Waals surface area (Å²) in [7, 11) is 3.20. The van der Waals surface area contributed by atoms with Crippen molar-refractivity contribution in [2.75, 3.05) is 20.8 Å². The monoisotopic (exact) mass is 509 g/mol. The molecule has 2 aliphatic rings. The van der Waals surface area contributed by atoms with Crippen molar-refractivity contribution in [2.24, 2.45) is 0 Å². The summed E-state index contributed by atoms with van der Waals surface area (Å²) in [5.74, 6) is 0.302. The van der Waals surface area contributed by atoms with Gasteiger partial charge in [0, 0.05) is 34.3 Å². The van der Waals surface area contributed by atoms with Crippen LogP contribution in [-0.2, 0) is 14.3 Å². The highest BCUT2D eigenvalue weighted by molar-refractivity contribution is 6.30. The van der Waals surface area contributed by atoms with Gasteiger partial charge in [-0.2, -0.15) is 0 Å². The molecule has 4 rings (SSSR count). The highest BCUT2D eigenvalue weighted by Crippen LogP contribution is 2.46. The molecule has 0 aromatic heterocycles. The molecule has 2 aromatic rings. The van der Waals surface area contributed by atoms with Crippen LogP contribution in [0.5, 0.6) is 11.5 Å². The molecule has 1 aliphatic carbocycles. The number of rotatable bonds is 8. The van der Waals surface area contributed by atoms with Gasteiger partial charge in [0.05, 0.1) is 26.4 Å². The fourth-order valence-corrected chi connectivity index (χ4v) is 5.26. The largest absolute Gasteiger partial charge is 0.493 e. The Kier molecular flexibility index (Phi) is 8.04. The van der Waals surface area contributed by atoms with E-state index in [0.717, 1.165) is 29.7 Å². The van der Waals surface area contributed by atoms with Crippen molar-refractivity contribution in [3.63, 3.8) is 0 Å². The number of nitrogens with one attached hydrogen (secondary N) is 1. The van der Waals surface area contributed by atoms with Gasteiger partial charge in [0.25, 0.3) is 0 Å². The molecule has 1 N–H and O–H groups in total. The summed E-state index contributed by atoms with van der Waals surface area (Å²) in [5, 5.41) is 3.94. The molecule has 0 fully saturated rings. The van der Waals surface area contributed by atoms with Crippen LogP contribution in [0.4, 0.5) is 0 Å². The van der Waals surface area contributed by atoms with Gasteiger partial charge in [-0.3, -0.25) is 4.79 Å². The second-order valence-electron chi connectivity index (χ2n) is 9.18. The molecule has 0 amide bonds. The van der Waals surface area contributed by atoms with Crippen LogP contribution in [-0.4, -0.2) is 32.6 Å². The van der Waals surface area contributed by atoms with Gasteiger partial charge < -0.3 is 19.5 Å². The van der Waals surface area contributed by atoms with E-state index < -0.39 is 11.9 Å². The van der Waals surface area contributed by atoms with Crippen molar-refractivity contribution in [1.29, 1.82) is 0 Å². The Balaban J connectivity index is 1.74. The molecule has 0 spiro atoms. The zero-order valence-electron chi connectivity index (χ0n) is 21.2. The summed E-state index contributed by atoms with van der Waals surface area (Å²) in [6.07, 6.45) is 2.66. The van der Waals surface area contributed by atoms with E-state index in [4.69, 9.17) is 25.8 Å². The fourth-order valence-electron chi connectivity index (χ4n) is 5.06. The Bertz CT molecular complexity index is 1230. The lowest BCUT2D eigenvalue weighted by atomic mass is 9.71. The molecular weight excluding hydrogens is 478 g/mol. The zero-order valence-corrected chi connectivity index (χ0v) is 21.9. The number of allylic oxidation sites excluding steroid dienone is 3. The van der Waals surface area contributed by atoms with Crippen LogP contribution in [0.2, 0.25) is 5.02 Å². The number of methoxy groups -OCH3 is 2. The number of hydrogen-bond donors (Lipinski definition) is 1. The number of carbonyl (C=O) groups excluding carboxylic acids is 2. The first-order chi connectivity index (χ1) is 17.4. The minimum atomic E-state index is -0.534. The number of benzene rings is 2. The number of Topliss-reactive ketones (excluding diaryl/α,β-unsaturated/α-hetero) is 1. The SMILES string of the molecule is CCCCOC(=O)C1=C(C)NC2=C(C(=O)CC(c3ccc(OC)c(OC)c3)C2)C1c1cccc(Cl)c1. The molecule has 0 bridgehead atoms. The molecule has 2 unspecified atom stereocenters. The lowest BCUT2D eigenvalue weighted by Gasteiger charge is -2.36. The maximum absolute atomic E-state index is 13.7. The van der Waals surface area contributed by atoms with E-state index in [9.17, 15) is 9.59 Å². The van der Waals surface area contributed by atoms with Crippen LogP contribution in [0.1, 0.15) is 62.5 Å². The standard InChI is InChI=1S/C29H32ClNO5/c1-5-6-12-36-29(33)26-17(2)31-22-14-20(18-10-11-24(34-3)25(16-18)35-4)15-23(32)28(22)27(26)19-8-7-9-21(30)13-19/h7-11,13,16,20,27,31H,5-6,12,14-15H2,1-4H3. The third kappa shape index (κ3) is 5.14. The minimum Gasteiger partial charge on any atom is -0.493 e. The average Bonchev–Trinajstić information content (AvgIpc) is 2.87. The number of halogens is 1. The second kappa shape index (κ2) is 11.2. The van der Waals surface area contributed by atoms with Gasteiger partial charge >= 0.3 is 5.97 Å². The first-order valence-corrected chi connectivity index (χ1v) is 12.6. The van der Waals surface area contributed by atoms with Crippen LogP contribution in [0.25, 0.3) is 0 Å². The summed E-state index contributed by atoms with van der Waals surface area (Å²) < 4.78 is 16.4. The Morgan fingerprint density at radius 3 is 2.53 bits per heavy atom. The summed E-state index contributed by atoms with van der Waals surface area (Å²) in [5.41, 5.74) is 4.41. The van der Waals surface area contributed by atoms with Crippen LogP contribution in [0.15, 0.2) is 65.0 Å². The highest BCUT2D eigenvalue weighted by Gasteiger charge is 2.41. The van der Waals surface area contributed by atoms with E-state index in [1.165, 1.54) is 0 Å². The molecule has 2 atom stereocenters. The van der Waals surface area contributed by atoms with Crippen molar-refractivity contribution in [1.82, 2.24) is 5.32 Å². The van der Waals surface area contributed by atoms with Crippen molar-refractivity contribution in [3.05, 3.63) is 81.2 Å². The Morgan fingerprint density at radius 1 is 1.06 bits per heavy atom. The molecule has 0 saturated heterocycles. The van der Waals surface area contributed by atoms with E-state index in [0.29, 0.717) is 52.8 Å². The van der Waals surface area contributed by atoms with Crippen molar-refractivity contribution in [3.8, 4) is 11.5 Å². The molecule has 1 aliphatic heterocycles. The number of ketones is 1. The maximum atomic E-state index is 13.7. The first kappa shape index (κ1) is 25.8. The van der Waals surface area contributed by atoms with Crippen LogP contribution in [0.3, 0.4) is 0 Å². The summed E-state index contributed by atoms with van der Waals surface area (Å²) in [4.78, 5) is 27.0. The number of dihydropyridines is 1. The molecule has 1 heterocycles. The Labute approximate surface area is 217 Å². The Hall–Kier alpha value is -3.25. The molecule has 7 heteroatoms. The molecule has 0 saturated carbocycles. The quantitative estimate of drug-likeness (QED) is 0.344. The topological polar surface area (TPSA) is 73.9 Å². The van der Waals surface area contributed by atoms with E-state index in [1.54, 1.807) is 20.3 Å². The number of carbonyl (C=O) groups is 2. The summed E-state index contributed by atoms with van der Waals surface area (Å²) >= 11 is 6.33. The van der Waals surface area contributed by atoms with Crippen molar-refractivity contribution in [2.45, 2.75) is 51.4 Å². The molecule has 2 aromatic carbocycles. The van der Waals surface area contributed by atoms with Gasteiger partial charge in [-0.1, -0.05) is 43.1 Å². The molecule has 6 nitrogen and oxygen atoms in total. The van der Waals surface area contributed by atoms with E-state index >= 15 is 0 Å². The lowest BCUT2D eigenvalue weighted by molar-refractivity contribution is -0.139. The smallest absolute Gasteiger partial charge is 0.336 e. The fraction of sp³-hybridized carbons (Fsp3) is 0.379. The van der Waals surface area contributed by atoms with Gasteiger partial charge in [0.2, 0.25) is 0 Å². The van der Waals surface area contributed by atoms with Crippen molar-refractivity contribution >= 4 is 23.4 Å². The van der Waals surface area contributed by atoms with E-state index in [2.05, 4.69) is 5.32 Å². The number of ether oxygens (including phenoxy) is 3. The van der Waals surface area contributed by atoms with Crippen LogP contribution < -0.4 is 14.8 Å². The summed E-state index contributed by atoms with van der Waals surface area (Å²) in [6, 6.07) is 13.1. The van der Waals surface area contributed by atoms with Gasteiger partial charge in [-0.25, -0.2) is 4.79 Å². The zero-order chi connectivity index (χ0) is 25.8. The predicted molar refractivity (Wildman–Crippen MR) is 139 cm³/mol. The van der Waals surface area contributed by atoms with Gasteiger partial charge in [-0.05, 0) is 61.1 Å². The number of unbranched alkanes of at least 4 members (excludes halogenated alkanes) is 1. The van der Waals surface area contributed by atoms with Gasteiger partial charge in [0.15, 0.2) is 17.3 Å². The third-order valence-corrected chi connectivity index (χ3v) is 7.07.